The van der Waals surface area contributed by atoms with E-state index in [0.717, 1.165) is 90.9 Å². The Morgan fingerprint density at radius 2 is 1.64 bits per heavy atom. The number of methoxy groups -OCH3 is 1. The molecular formula is C47H52Cl2N6O6. The molecule has 1 atom stereocenters. The third-order valence-electron chi connectivity index (χ3n) is 12.0. The maximum absolute atomic E-state index is 15.5. The van der Waals surface area contributed by atoms with Crippen molar-refractivity contribution in [1.29, 1.82) is 0 Å². The van der Waals surface area contributed by atoms with Gasteiger partial charge in [-0.2, -0.15) is 0 Å². The number of aromatic nitrogens is 4. The molecule has 1 fully saturated rings. The molecule has 2 aliphatic heterocycles. The van der Waals surface area contributed by atoms with Gasteiger partial charge in [0.2, 0.25) is 0 Å². The lowest BCUT2D eigenvalue weighted by Crippen LogP contribution is -2.43. The highest BCUT2D eigenvalue weighted by Crippen LogP contribution is 2.46. The summed E-state index contributed by atoms with van der Waals surface area (Å²) in [4.78, 5) is 42.8. The molecule has 1 amide bonds. The zero-order chi connectivity index (χ0) is 43.3. The fourth-order valence-corrected chi connectivity index (χ4v) is 9.68. The number of nitrogens with zero attached hydrogens (tertiary/aromatic N) is 6. The van der Waals surface area contributed by atoms with Crippen LogP contribution in [0.5, 0.6) is 5.75 Å². The standard InChI is InChI=1S/C47H52Cl2N6O6/c1-26-10-13-37-35(21-26)43(45(47(57)58)53(37)16-18-59-7)54-24-29(4)55-42-34(33(44(55)46(54)56)9-8-17-61-32-22-27(2)41(49)28(3)23-32)11-12-36(48)40(42)39-30(5)50-38(51-31(39)6)25-52-14-19-60-20-15-52/h10-13,21-23,29H,8-9,14-20,24-25H2,1-7H3,(H,57,58)/t29-/m1/s1. The lowest BCUT2D eigenvalue weighted by Gasteiger charge is -2.34. The molecule has 320 valence electrons. The molecule has 3 aromatic heterocycles. The van der Waals surface area contributed by atoms with Crippen molar-refractivity contribution in [3.8, 4) is 16.9 Å². The van der Waals surface area contributed by atoms with Gasteiger partial charge in [0.1, 0.15) is 17.3 Å². The molecule has 61 heavy (non-hydrogen) atoms. The van der Waals surface area contributed by atoms with Crippen LogP contribution >= 0.6 is 23.2 Å². The number of carbonyl (C=O) groups excluding carboxylic acids is 1. The predicted molar refractivity (Wildman–Crippen MR) is 240 cm³/mol. The number of amides is 1. The number of rotatable bonds is 13. The summed E-state index contributed by atoms with van der Waals surface area (Å²) in [7, 11) is 1.59. The average Bonchev–Trinajstić information content (AvgIpc) is 3.72. The second-order valence-electron chi connectivity index (χ2n) is 16.3. The number of hydrogen-bond acceptors (Lipinski definition) is 8. The van der Waals surface area contributed by atoms with Crippen LogP contribution in [0.3, 0.4) is 0 Å². The van der Waals surface area contributed by atoms with Gasteiger partial charge in [0.05, 0.1) is 54.7 Å². The van der Waals surface area contributed by atoms with Crippen LogP contribution in [-0.4, -0.2) is 94.2 Å². The smallest absolute Gasteiger partial charge is 0.354 e. The second kappa shape index (κ2) is 17.4. The van der Waals surface area contributed by atoms with Crippen LogP contribution in [0.2, 0.25) is 10.0 Å². The quantitative estimate of drug-likeness (QED) is 0.113. The molecule has 5 heterocycles. The van der Waals surface area contributed by atoms with Crippen LogP contribution < -0.4 is 9.64 Å². The van der Waals surface area contributed by atoms with Crippen LogP contribution in [0.4, 0.5) is 5.69 Å². The van der Waals surface area contributed by atoms with E-state index >= 15 is 4.79 Å². The molecule has 0 aliphatic carbocycles. The minimum atomic E-state index is -1.12. The first-order valence-electron chi connectivity index (χ1n) is 20.8. The lowest BCUT2D eigenvalue weighted by atomic mass is 9.97. The molecule has 1 saturated heterocycles. The number of aromatic carboxylic acids is 1. The maximum atomic E-state index is 15.5. The summed E-state index contributed by atoms with van der Waals surface area (Å²) in [6.45, 7) is 16.8. The predicted octanol–water partition coefficient (Wildman–Crippen LogP) is 9.31. The largest absolute Gasteiger partial charge is 0.494 e. The van der Waals surface area contributed by atoms with Gasteiger partial charge >= 0.3 is 5.97 Å². The van der Waals surface area contributed by atoms with Crippen LogP contribution in [0.25, 0.3) is 32.9 Å². The summed E-state index contributed by atoms with van der Waals surface area (Å²) in [5.74, 6) is 0.0731. The molecule has 1 N–H and O–H groups in total. The van der Waals surface area contributed by atoms with Gasteiger partial charge in [-0.05, 0) is 101 Å². The number of aryl methyl sites for hydroxylation is 6. The third-order valence-corrected chi connectivity index (χ3v) is 12.9. The molecule has 0 saturated carbocycles. The Hall–Kier alpha value is -4.98. The van der Waals surface area contributed by atoms with Crippen molar-refractivity contribution in [3.05, 3.63) is 103 Å². The molecule has 6 aromatic rings. The van der Waals surface area contributed by atoms with Crippen LogP contribution in [0.15, 0.2) is 42.5 Å². The topological polar surface area (TPSA) is 124 Å². The third kappa shape index (κ3) is 7.89. The Morgan fingerprint density at radius 3 is 2.31 bits per heavy atom. The molecule has 14 heteroatoms. The molecule has 3 aromatic carbocycles. The van der Waals surface area contributed by atoms with Gasteiger partial charge in [-0.25, -0.2) is 14.8 Å². The van der Waals surface area contributed by atoms with E-state index < -0.39 is 5.97 Å². The van der Waals surface area contributed by atoms with Gasteiger partial charge in [-0.1, -0.05) is 40.9 Å². The fourth-order valence-electron chi connectivity index (χ4n) is 9.32. The highest BCUT2D eigenvalue weighted by Gasteiger charge is 2.40. The van der Waals surface area contributed by atoms with E-state index in [1.54, 1.807) is 16.6 Å². The number of ether oxygens (including phenoxy) is 3. The SMILES string of the molecule is COCCn1c(C(=O)O)c(N2C[C@@H](C)n3c(c(CCCOc4cc(C)c(Cl)c(C)c4)c4ccc(Cl)c(-c5c(C)nc(CN6CCOCC6)nc5C)c43)C2=O)c2cc(C)ccc21. The van der Waals surface area contributed by atoms with Crippen molar-refractivity contribution in [2.75, 3.05) is 58.1 Å². The van der Waals surface area contributed by atoms with E-state index in [-0.39, 0.29) is 24.2 Å². The number of anilines is 1. The highest BCUT2D eigenvalue weighted by molar-refractivity contribution is 6.35. The van der Waals surface area contributed by atoms with Crippen molar-refractivity contribution in [2.24, 2.45) is 0 Å². The fraction of sp³-hybridized carbons (Fsp3) is 0.404. The number of carboxylic acid groups (broad SMARTS) is 1. The Kier molecular flexibility index (Phi) is 12.2. The van der Waals surface area contributed by atoms with Gasteiger partial charge in [0.25, 0.3) is 5.91 Å². The minimum Gasteiger partial charge on any atom is -0.494 e. The normalized spacial score (nSPS) is 15.9. The zero-order valence-electron chi connectivity index (χ0n) is 35.8. The van der Waals surface area contributed by atoms with E-state index in [2.05, 4.69) is 16.4 Å². The van der Waals surface area contributed by atoms with Crippen molar-refractivity contribution < 1.29 is 28.9 Å². The summed E-state index contributed by atoms with van der Waals surface area (Å²) in [6, 6.07) is 13.3. The van der Waals surface area contributed by atoms with Crippen molar-refractivity contribution >= 4 is 62.6 Å². The van der Waals surface area contributed by atoms with Gasteiger partial charge in [-0.15, -0.1) is 0 Å². The van der Waals surface area contributed by atoms with E-state index in [9.17, 15) is 9.90 Å². The minimum absolute atomic E-state index is 0.0514. The number of benzene rings is 3. The Balaban J connectivity index is 1.28. The Bertz CT molecular complexity index is 2650. The van der Waals surface area contributed by atoms with Crippen LogP contribution in [0.1, 0.15) is 79.8 Å². The molecular weight excluding hydrogens is 815 g/mol. The van der Waals surface area contributed by atoms with E-state index in [1.165, 1.54) is 0 Å². The van der Waals surface area contributed by atoms with Crippen LogP contribution in [0, 0.1) is 34.6 Å². The summed E-state index contributed by atoms with van der Waals surface area (Å²) in [5.41, 5.74) is 9.37. The molecule has 0 bridgehead atoms. The number of morpholine rings is 1. The molecule has 0 spiro atoms. The van der Waals surface area contributed by atoms with Gasteiger partial charge in [0, 0.05) is 77.6 Å². The van der Waals surface area contributed by atoms with Crippen molar-refractivity contribution in [3.63, 3.8) is 0 Å². The number of fused-ring (bicyclic) bond motifs is 4. The average molecular weight is 868 g/mol. The molecule has 0 radical (unpaired) electrons. The zero-order valence-corrected chi connectivity index (χ0v) is 37.3. The van der Waals surface area contributed by atoms with E-state index in [4.69, 9.17) is 47.4 Å². The molecule has 0 unspecified atom stereocenters. The Labute approximate surface area is 365 Å². The summed E-state index contributed by atoms with van der Waals surface area (Å²) >= 11 is 13.7. The maximum Gasteiger partial charge on any atom is 0.354 e. The highest BCUT2D eigenvalue weighted by atomic mass is 35.5. The number of hydrogen-bond donors (Lipinski definition) is 1. The number of carboxylic acids is 1. The van der Waals surface area contributed by atoms with Crippen LogP contribution in [-0.2, 0) is 29.0 Å². The molecule has 12 nitrogen and oxygen atoms in total. The number of carbonyl (C=O) groups is 2. The van der Waals surface area contributed by atoms with Gasteiger partial charge < -0.3 is 33.4 Å². The van der Waals surface area contributed by atoms with Crippen molar-refractivity contribution in [2.45, 2.75) is 73.5 Å². The van der Waals surface area contributed by atoms with Crippen molar-refractivity contribution in [1.82, 2.24) is 24.0 Å². The first-order valence-corrected chi connectivity index (χ1v) is 21.6. The lowest BCUT2D eigenvalue weighted by molar-refractivity contribution is 0.0330. The second-order valence-corrected chi connectivity index (χ2v) is 17.1. The summed E-state index contributed by atoms with van der Waals surface area (Å²) < 4.78 is 21.1. The van der Waals surface area contributed by atoms with Gasteiger partial charge in [-0.3, -0.25) is 9.69 Å². The Morgan fingerprint density at radius 1 is 0.934 bits per heavy atom. The molecule has 2 aliphatic rings. The van der Waals surface area contributed by atoms with E-state index in [0.29, 0.717) is 74.1 Å². The first-order chi connectivity index (χ1) is 29.3. The summed E-state index contributed by atoms with van der Waals surface area (Å²) in [6.07, 6.45) is 1.10. The van der Waals surface area contributed by atoms with E-state index in [1.807, 2.05) is 77.1 Å². The summed E-state index contributed by atoms with van der Waals surface area (Å²) in [5, 5.41) is 13.7. The number of halogens is 2. The van der Waals surface area contributed by atoms with Gasteiger partial charge in [0.15, 0.2) is 5.69 Å². The molecule has 8 rings (SSSR count). The monoisotopic (exact) mass is 866 g/mol. The first kappa shape index (κ1) is 42.7.